The summed E-state index contributed by atoms with van der Waals surface area (Å²) in [6.07, 6.45) is -0.771. The number of hydrogen-bond donors (Lipinski definition) is 2. The average molecular weight is 284 g/mol. The molecular weight excluding hydrogens is 268 g/mol. The first-order valence-electron chi connectivity index (χ1n) is 6.19. The lowest BCUT2D eigenvalue weighted by molar-refractivity contribution is -0.151. The number of aliphatic hydroxyl groups excluding tert-OH is 1. The highest BCUT2D eigenvalue weighted by atomic mass is 16.6. The first kappa shape index (κ1) is 14.5. The average Bonchev–Trinajstić information content (AvgIpc) is 2.67. The summed E-state index contributed by atoms with van der Waals surface area (Å²) >= 11 is 0. The lowest BCUT2D eigenvalue weighted by atomic mass is 10.0. The number of aliphatic hydroxyl groups is 1. The van der Waals surface area contributed by atoms with Gasteiger partial charge < -0.3 is 14.6 Å². The Balaban J connectivity index is 2.32. The Kier molecular flexibility index (Phi) is 4.05. The summed E-state index contributed by atoms with van der Waals surface area (Å²) in [6.45, 7) is 2.67. The number of aromatic nitrogens is 2. The monoisotopic (exact) mass is 284 g/mol. The van der Waals surface area contributed by atoms with Crippen LogP contribution in [0.3, 0.4) is 0 Å². The Hall–Kier alpha value is -1.93. The van der Waals surface area contributed by atoms with Gasteiger partial charge in [-0.25, -0.2) is 4.79 Å². The van der Waals surface area contributed by atoms with E-state index < -0.39 is 35.7 Å². The molecule has 110 valence electrons. The van der Waals surface area contributed by atoms with Crippen LogP contribution in [0.25, 0.3) is 0 Å². The van der Waals surface area contributed by atoms with Crippen molar-refractivity contribution in [2.24, 2.45) is 5.92 Å². The van der Waals surface area contributed by atoms with Crippen LogP contribution in [0.2, 0.25) is 0 Å². The van der Waals surface area contributed by atoms with Crippen LogP contribution < -0.4 is 11.2 Å². The van der Waals surface area contributed by atoms with E-state index in [2.05, 4.69) is 4.98 Å². The molecule has 1 fully saturated rings. The van der Waals surface area contributed by atoms with Gasteiger partial charge in [-0.2, -0.15) is 0 Å². The van der Waals surface area contributed by atoms with Crippen LogP contribution >= 0.6 is 0 Å². The molecule has 1 aliphatic heterocycles. The van der Waals surface area contributed by atoms with E-state index in [9.17, 15) is 19.5 Å². The van der Waals surface area contributed by atoms with Crippen LogP contribution in [0.5, 0.6) is 0 Å². The topological polar surface area (TPSA) is 111 Å². The Bertz CT molecular complexity index is 606. The van der Waals surface area contributed by atoms with E-state index in [0.29, 0.717) is 0 Å². The van der Waals surface area contributed by atoms with Crippen molar-refractivity contribution in [1.29, 1.82) is 0 Å². The van der Waals surface area contributed by atoms with Gasteiger partial charge in [0, 0.05) is 25.1 Å². The summed E-state index contributed by atoms with van der Waals surface area (Å²) in [5, 5.41) is 9.28. The van der Waals surface area contributed by atoms with Crippen molar-refractivity contribution in [1.82, 2.24) is 9.55 Å². The number of nitrogens with zero attached hydrogens (tertiary/aromatic N) is 1. The first-order chi connectivity index (χ1) is 9.43. The fourth-order valence-electron chi connectivity index (χ4n) is 2.35. The summed E-state index contributed by atoms with van der Waals surface area (Å²) < 4.78 is 11.9. The highest BCUT2D eigenvalue weighted by molar-refractivity contribution is 5.66. The Morgan fingerprint density at radius 2 is 2.25 bits per heavy atom. The van der Waals surface area contributed by atoms with Crippen LogP contribution in [0.1, 0.15) is 20.1 Å². The number of ether oxygens (including phenoxy) is 2. The maximum Gasteiger partial charge on any atom is 0.330 e. The number of aromatic amines is 1. The van der Waals surface area contributed by atoms with Crippen LogP contribution in [-0.2, 0) is 14.3 Å². The lowest BCUT2D eigenvalue weighted by Gasteiger charge is -2.20. The molecule has 4 unspecified atom stereocenters. The number of H-pyrrole nitrogens is 1. The van der Waals surface area contributed by atoms with Crippen molar-refractivity contribution in [3.05, 3.63) is 33.1 Å². The summed E-state index contributed by atoms with van der Waals surface area (Å²) in [6, 6.07) is 1.20. The minimum absolute atomic E-state index is 0.336. The van der Waals surface area contributed by atoms with Crippen molar-refractivity contribution in [2.75, 3.05) is 6.61 Å². The van der Waals surface area contributed by atoms with Crippen LogP contribution in [0, 0.1) is 5.92 Å². The molecule has 1 aromatic heterocycles. The number of esters is 1. The van der Waals surface area contributed by atoms with E-state index in [4.69, 9.17) is 9.47 Å². The zero-order valence-electron chi connectivity index (χ0n) is 11.1. The molecule has 8 nitrogen and oxygen atoms in total. The van der Waals surface area contributed by atoms with Crippen LogP contribution in [-0.4, -0.2) is 39.4 Å². The minimum Gasteiger partial charge on any atom is -0.459 e. The van der Waals surface area contributed by atoms with Gasteiger partial charge in [0.1, 0.15) is 18.4 Å². The van der Waals surface area contributed by atoms with Gasteiger partial charge in [-0.15, -0.1) is 0 Å². The molecule has 0 aromatic carbocycles. The van der Waals surface area contributed by atoms with Crippen LogP contribution in [0.15, 0.2) is 21.9 Å². The predicted molar refractivity (Wildman–Crippen MR) is 67.0 cm³/mol. The molecule has 0 radical (unpaired) electrons. The summed E-state index contributed by atoms with van der Waals surface area (Å²) in [7, 11) is 0. The van der Waals surface area contributed by atoms with Gasteiger partial charge in [-0.05, 0) is 0 Å². The minimum atomic E-state index is -0.721. The summed E-state index contributed by atoms with van der Waals surface area (Å²) in [4.78, 5) is 36.0. The standard InChI is InChI=1S/C12H16N2O6/c1-6-10(19-7(2)16)8(5-15)20-11(6)14-4-3-9(17)13-12(14)18/h3-4,6,8,10-11,15H,5H2,1-2H3,(H,13,17,18). The second-order valence-corrected chi connectivity index (χ2v) is 4.70. The van der Waals surface area contributed by atoms with Gasteiger partial charge in [0.05, 0.1) is 6.61 Å². The highest BCUT2D eigenvalue weighted by Crippen LogP contribution is 2.35. The van der Waals surface area contributed by atoms with Gasteiger partial charge in [-0.1, -0.05) is 6.92 Å². The van der Waals surface area contributed by atoms with Crippen molar-refractivity contribution >= 4 is 5.97 Å². The molecule has 0 saturated carbocycles. The third-order valence-electron chi connectivity index (χ3n) is 3.26. The second-order valence-electron chi connectivity index (χ2n) is 4.70. The molecule has 2 rings (SSSR count). The molecule has 2 N–H and O–H groups in total. The Morgan fingerprint density at radius 3 is 2.80 bits per heavy atom. The molecule has 1 aliphatic rings. The van der Waals surface area contributed by atoms with Gasteiger partial charge in [-0.3, -0.25) is 19.1 Å². The van der Waals surface area contributed by atoms with Crippen molar-refractivity contribution in [3.8, 4) is 0 Å². The molecule has 1 saturated heterocycles. The van der Waals surface area contributed by atoms with Crippen molar-refractivity contribution in [2.45, 2.75) is 32.3 Å². The molecule has 20 heavy (non-hydrogen) atoms. The Morgan fingerprint density at radius 1 is 1.55 bits per heavy atom. The maximum atomic E-state index is 11.8. The quantitative estimate of drug-likeness (QED) is 0.688. The van der Waals surface area contributed by atoms with Crippen LogP contribution in [0.4, 0.5) is 0 Å². The largest absolute Gasteiger partial charge is 0.459 e. The molecule has 4 atom stereocenters. The normalized spacial score (nSPS) is 29.4. The molecule has 1 aromatic rings. The van der Waals surface area contributed by atoms with Gasteiger partial charge in [0.15, 0.2) is 0 Å². The number of nitrogens with one attached hydrogen (secondary N) is 1. The molecule has 8 heteroatoms. The SMILES string of the molecule is CC(=O)OC1C(CO)OC(n2ccc(=O)[nH]c2=O)C1C. The van der Waals surface area contributed by atoms with E-state index in [-0.39, 0.29) is 12.5 Å². The van der Waals surface area contributed by atoms with Gasteiger partial charge in [0.25, 0.3) is 5.56 Å². The third-order valence-corrected chi connectivity index (χ3v) is 3.26. The first-order valence-corrected chi connectivity index (χ1v) is 6.19. The van der Waals surface area contributed by atoms with E-state index in [0.717, 1.165) is 0 Å². The highest BCUT2D eigenvalue weighted by Gasteiger charge is 2.45. The van der Waals surface area contributed by atoms with Crippen molar-refractivity contribution < 1.29 is 19.4 Å². The zero-order valence-corrected chi connectivity index (χ0v) is 11.1. The fraction of sp³-hybridized carbons (Fsp3) is 0.583. The lowest BCUT2D eigenvalue weighted by Crippen LogP contribution is -2.35. The van der Waals surface area contributed by atoms with E-state index in [1.165, 1.54) is 23.8 Å². The van der Waals surface area contributed by atoms with Crippen molar-refractivity contribution in [3.63, 3.8) is 0 Å². The molecule has 0 aliphatic carbocycles. The van der Waals surface area contributed by atoms with Gasteiger partial charge in [0.2, 0.25) is 0 Å². The van der Waals surface area contributed by atoms with E-state index in [1.54, 1.807) is 6.92 Å². The number of rotatable bonds is 3. The molecule has 2 heterocycles. The number of carbonyl (C=O) groups is 1. The van der Waals surface area contributed by atoms with Gasteiger partial charge >= 0.3 is 11.7 Å². The zero-order chi connectivity index (χ0) is 14.9. The second kappa shape index (κ2) is 5.59. The fourth-order valence-corrected chi connectivity index (χ4v) is 2.35. The summed E-state index contributed by atoms with van der Waals surface area (Å²) in [5.41, 5.74) is -1.12. The Labute approximate surface area is 114 Å². The number of hydrogen-bond acceptors (Lipinski definition) is 6. The third kappa shape index (κ3) is 2.66. The molecule has 0 spiro atoms. The van der Waals surface area contributed by atoms with E-state index in [1.807, 2.05) is 0 Å². The smallest absolute Gasteiger partial charge is 0.330 e. The molecule has 0 bridgehead atoms. The molecule has 0 amide bonds. The maximum absolute atomic E-state index is 11.8. The number of carbonyl (C=O) groups excluding carboxylic acids is 1. The molecular formula is C12H16N2O6. The predicted octanol–water partition coefficient (Wildman–Crippen LogP) is -1.01. The van der Waals surface area contributed by atoms with E-state index >= 15 is 0 Å². The summed E-state index contributed by atoms with van der Waals surface area (Å²) in [5.74, 6) is -0.835.